The highest BCUT2D eigenvalue weighted by Gasteiger charge is 2.32. The molecule has 2 atom stereocenters. The molecule has 19 heavy (non-hydrogen) atoms. The Morgan fingerprint density at radius 3 is 2.79 bits per heavy atom. The van der Waals surface area contributed by atoms with E-state index < -0.39 is 0 Å². The molecule has 2 heterocycles. The number of hydrogen-bond donors (Lipinski definition) is 1. The molecular formula is C15H22N2O2. The zero-order valence-corrected chi connectivity index (χ0v) is 11.5. The van der Waals surface area contributed by atoms with Gasteiger partial charge in [-0.15, -0.1) is 0 Å². The van der Waals surface area contributed by atoms with Crippen LogP contribution >= 0.6 is 0 Å². The highest BCUT2D eigenvalue weighted by atomic mass is 16.3. The molecule has 4 heteroatoms. The smallest absolute Gasteiger partial charge is 0.270 e. The van der Waals surface area contributed by atoms with Crippen molar-refractivity contribution in [3.05, 3.63) is 24.0 Å². The van der Waals surface area contributed by atoms with Crippen LogP contribution < -0.4 is 0 Å². The maximum atomic E-state index is 12.6. The van der Waals surface area contributed by atoms with Crippen LogP contribution in [0.15, 0.2) is 18.3 Å². The minimum Gasteiger partial charge on any atom is -0.393 e. The first-order chi connectivity index (χ1) is 9.16. The van der Waals surface area contributed by atoms with Crippen LogP contribution in [0.5, 0.6) is 0 Å². The largest absolute Gasteiger partial charge is 0.393 e. The van der Waals surface area contributed by atoms with Crippen LogP contribution in [-0.4, -0.2) is 39.7 Å². The van der Waals surface area contributed by atoms with Crippen molar-refractivity contribution in [1.29, 1.82) is 0 Å². The number of amides is 1. The van der Waals surface area contributed by atoms with Crippen molar-refractivity contribution in [2.75, 3.05) is 13.1 Å². The standard InChI is InChI=1S/C15H22N2O2/c1-11(18)12-7-9-16(10-12)15(19)14-6-3-8-17(14)13-4-2-5-13/h3,6,8,11-13,18H,2,4-5,7,9-10H2,1H3. The molecule has 4 nitrogen and oxygen atoms in total. The van der Waals surface area contributed by atoms with Gasteiger partial charge in [-0.25, -0.2) is 0 Å². The normalized spacial score (nSPS) is 25.4. The van der Waals surface area contributed by atoms with Crippen LogP contribution in [0.25, 0.3) is 0 Å². The van der Waals surface area contributed by atoms with Gasteiger partial charge in [0.2, 0.25) is 0 Å². The minimum atomic E-state index is -0.323. The Hall–Kier alpha value is -1.29. The highest BCUT2D eigenvalue weighted by molar-refractivity contribution is 5.93. The molecule has 1 saturated heterocycles. The molecule has 1 N–H and O–H groups in total. The van der Waals surface area contributed by atoms with Crippen LogP contribution in [0.4, 0.5) is 0 Å². The lowest BCUT2D eigenvalue weighted by Crippen LogP contribution is -2.33. The summed E-state index contributed by atoms with van der Waals surface area (Å²) in [6, 6.07) is 4.41. The van der Waals surface area contributed by atoms with Gasteiger partial charge in [-0.1, -0.05) is 0 Å². The fourth-order valence-electron chi connectivity index (χ4n) is 3.09. The average molecular weight is 262 g/mol. The molecule has 1 amide bonds. The fourth-order valence-corrected chi connectivity index (χ4v) is 3.09. The van der Waals surface area contributed by atoms with Gasteiger partial charge in [0.1, 0.15) is 5.69 Å². The Kier molecular flexibility index (Phi) is 3.35. The SMILES string of the molecule is CC(O)C1CCN(C(=O)c2cccn2C2CCC2)C1. The molecule has 0 aromatic carbocycles. The predicted molar refractivity (Wildman–Crippen MR) is 73.0 cm³/mol. The van der Waals surface area contributed by atoms with Gasteiger partial charge in [-0.05, 0) is 44.7 Å². The van der Waals surface area contributed by atoms with Crippen molar-refractivity contribution in [2.45, 2.75) is 44.8 Å². The van der Waals surface area contributed by atoms with Crippen molar-refractivity contribution >= 4 is 5.91 Å². The third-order valence-corrected chi connectivity index (χ3v) is 4.66. The van der Waals surface area contributed by atoms with Gasteiger partial charge >= 0.3 is 0 Å². The molecule has 1 aromatic heterocycles. The van der Waals surface area contributed by atoms with E-state index in [1.54, 1.807) is 0 Å². The maximum Gasteiger partial charge on any atom is 0.270 e. The van der Waals surface area contributed by atoms with Crippen LogP contribution in [0.1, 0.15) is 49.1 Å². The number of hydrogen-bond acceptors (Lipinski definition) is 2. The molecule has 0 spiro atoms. The molecule has 2 aliphatic rings. The summed E-state index contributed by atoms with van der Waals surface area (Å²) in [7, 11) is 0. The summed E-state index contributed by atoms with van der Waals surface area (Å²) in [5, 5.41) is 9.63. The summed E-state index contributed by atoms with van der Waals surface area (Å²) in [6.07, 6.45) is 6.25. The second kappa shape index (κ2) is 5.00. The lowest BCUT2D eigenvalue weighted by Gasteiger charge is -2.29. The van der Waals surface area contributed by atoms with E-state index >= 15 is 0 Å². The molecule has 1 saturated carbocycles. The van der Waals surface area contributed by atoms with Crippen molar-refractivity contribution < 1.29 is 9.90 Å². The Morgan fingerprint density at radius 1 is 1.42 bits per heavy atom. The molecule has 1 aliphatic heterocycles. The second-order valence-electron chi connectivity index (χ2n) is 5.93. The van der Waals surface area contributed by atoms with E-state index in [9.17, 15) is 9.90 Å². The van der Waals surface area contributed by atoms with E-state index in [2.05, 4.69) is 4.57 Å². The van der Waals surface area contributed by atoms with E-state index in [0.29, 0.717) is 12.6 Å². The van der Waals surface area contributed by atoms with E-state index in [1.807, 2.05) is 30.2 Å². The summed E-state index contributed by atoms with van der Waals surface area (Å²) < 4.78 is 2.14. The van der Waals surface area contributed by atoms with E-state index in [1.165, 1.54) is 19.3 Å². The van der Waals surface area contributed by atoms with Crippen molar-refractivity contribution in [2.24, 2.45) is 5.92 Å². The summed E-state index contributed by atoms with van der Waals surface area (Å²) in [5.41, 5.74) is 0.816. The maximum absolute atomic E-state index is 12.6. The quantitative estimate of drug-likeness (QED) is 0.906. The van der Waals surface area contributed by atoms with E-state index in [4.69, 9.17) is 0 Å². The fraction of sp³-hybridized carbons (Fsp3) is 0.667. The number of aromatic nitrogens is 1. The lowest BCUT2D eigenvalue weighted by molar-refractivity contribution is 0.0746. The molecule has 104 valence electrons. The zero-order chi connectivity index (χ0) is 13.4. The number of aliphatic hydroxyl groups is 1. The van der Waals surface area contributed by atoms with Crippen LogP contribution in [0, 0.1) is 5.92 Å². The summed E-state index contributed by atoms with van der Waals surface area (Å²) >= 11 is 0. The van der Waals surface area contributed by atoms with Crippen molar-refractivity contribution in [1.82, 2.24) is 9.47 Å². The molecule has 2 unspecified atom stereocenters. The molecular weight excluding hydrogens is 240 g/mol. The van der Waals surface area contributed by atoms with Gasteiger partial charge in [0.05, 0.1) is 6.10 Å². The summed E-state index contributed by atoms with van der Waals surface area (Å²) in [4.78, 5) is 14.5. The number of carbonyl (C=O) groups excluding carboxylic acids is 1. The third kappa shape index (κ3) is 2.29. The molecule has 2 fully saturated rings. The molecule has 3 rings (SSSR count). The molecule has 1 aromatic rings. The Labute approximate surface area is 114 Å². The Balaban J connectivity index is 1.72. The van der Waals surface area contributed by atoms with Crippen LogP contribution in [0.3, 0.4) is 0 Å². The van der Waals surface area contributed by atoms with E-state index in [-0.39, 0.29) is 17.9 Å². The first kappa shape index (κ1) is 12.7. The lowest BCUT2D eigenvalue weighted by atomic mass is 9.93. The number of rotatable bonds is 3. The van der Waals surface area contributed by atoms with Gasteiger partial charge in [0.15, 0.2) is 0 Å². The topological polar surface area (TPSA) is 45.5 Å². The molecule has 0 radical (unpaired) electrons. The number of carbonyl (C=O) groups is 1. The summed E-state index contributed by atoms with van der Waals surface area (Å²) in [5.74, 6) is 0.358. The van der Waals surface area contributed by atoms with Gasteiger partial charge in [0, 0.05) is 31.2 Å². The predicted octanol–water partition coefficient (Wildman–Crippen LogP) is 2.06. The van der Waals surface area contributed by atoms with E-state index in [0.717, 1.165) is 18.7 Å². The Morgan fingerprint density at radius 2 is 2.21 bits per heavy atom. The second-order valence-corrected chi connectivity index (χ2v) is 5.93. The first-order valence-corrected chi connectivity index (χ1v) is 7.31. The molecule has 1 aliphatic carbocycles. The number of likely N-dealkylation sites (tertiary alicyclic amines) is 1. The number of nitrogens with zero attached hydrogens (tertiary/aromatic N) is 2. The van der Waals surface area contributed by atoms with Gasteiger partial charge in [-0.3, -0.25) is 4.79 Å². The van der Waals surface area contributed by atoms with Crippen molar-refractivity contribution in [3.8, 4) is 0 Å². The van der Waals surface area contributed by atoms with Gasteiger partial charge in [0.25, 0.3) is 5.91 Å². The highest BCUT2D eigenvalue weighted by Crippen LogP contribution is 2.33. The Bertz CT molecular complexity index is 462. The van der Waals surface area contributed by atoms with Gasteiger partial charge in [-0.2, -0.15) is 0 Å². The van der Waals surface area contributed by atoms with Crippen LogP contribution in [0.2, 0.25) is 0 Å². The zero-order valence-electron chi connectivity index (χ0n) is 11.5. The minimum absolute atomic E-state index is 0.125. The molecule has 0 bridgehead atoms. The van der Waals surface area contributed by atoms with Crippen LogP contribution in [-0.2, 0) is 0 Å². The summed E-state index contributed by atoms with van der Waals surface area (Å²) in [6.45, 7) is 3.27. The number of aliphatic hydroxyl groups excluding tert-OH is 1. The average Bonchev–Trinajstić information content (AvgIpc) is 2.94. The first-order valence-electron chi connectivity index (χ1n) is 7.31. The van der Waals surface area contributed by atoms with Crippen molar-refractivity contribution in [3.63, 3.8) is 0 Å². The third-order valence-electron chi connectivity index (χ3n) is 4.66. The monoisotopic (exact) mass is 262 g/mol. The van der Waals surface area contributed by atoms with Gasteiger partial charge < -0.3 is 14.6 Å².